The summed E-state index contributed by atoms with van der Waals surface area (Å²) in [7, 11) is 0. The first kappa shape index (κ1) is 9.30. The molecule has 13 heavy (non-hydrogen) atoms. The maximum Gasteiger partial charge on any atom is 0.144 e. The Bertz CT molecular complexity index is 231. The molecule has 0 amide bonds. The van der Waals surface area contributed by atoms with Crippen molar-refractivity contribution < 1.29 is 9.47 Å². The quantitative estimate of drug-likeness (QED) is 0.655. The molecule has 2 atom stereocenters. The first-order valence-corrected chi connectivity index (χ1v) is 7.73. The molecule has 0 unspecified atom stereocenters. The van der Waals surface area contributed by atoms with Crippen molar-refractivity contribution in [1.29, 1.82) is 0 Å². The Morgan fingerprint density at radius 1 is 0.923 bits per heavy atom. The van der Waals surface area contributed by atoms with E-state index in [4.69, 9.17) is 9.47 Å². The molecule has 72 valence electrons. The Balaban J connectivity index is 1.80. The zero-order chi connectivity index (χ0) is 8.67. The van der Waals surface area contributed by atoms with E-state index in [0.29, 0.717) is 0 Å². The van der Waals surface area contributed by atoms with E-state index in [1.54, 1.807) is 0 Å². The standard InChI is InChI=1S/C7H8O2S4/c1-2-9-5-4(8-1)12-6-7(13-5)11-3-10-6/h4-5H,1-3H2/t4-,5+. The fraction of sp³-hybridized carbons (Fsp3) is 0.714. The topological polar surface area (TPSA) is 18.5 Å². The summed E-state index contributed by atoms with van der Waals surface area (Å²) in [5.74, 6) is 0. The number of ether oxygens (including phenoxy) is 2. The van der Waals surface area contributed by atoms with Crippen LogP contribution in [-0.4, -0.2) is 29.2 Å². The largest absolute Gasteiger partial charge is 0.361 e. The monoisotopic (exact) mass is 252 g/mol. The number of thioether (sulfide) groups is 4. The van der Waals surface area contributed by atoms with E-state index in [9.17, 15) is 0 Å². The van der Waals surface area contributed by atoms with Gasteiger partial charge in [0.1, 0.15) is 10.9 Å². The number of hydrogen-bond donors (Lipinski definition) is 0. The summed E-state index contributed by atoms with van der Waals surface area (Å²) in [6.07, 6.45) is 0. The van der Waals surface area contributed by atoms with Gasteiger partial charge in [-0.15, -0.1) is 23.5 Å². The van der Waals surface area contributed by atoms with Gasteiger partial charge in [0, 0.05) is 5.08 Å². The molecule has 1 fully saturated rings. The Morgan fingerprint density at radius 3 is 2.00 bits per heavy atom. The van der Waals surface area contributed by atoms with Gasteiger partial charge in [0.05, 0.1) is 21.7 Å². The molecule has 0 aromatic carbocycles. The van der Waals surface area contributed by atoms with Crippen molar-refractivity contribution in [3.8, 4) is 0 Å². The van der Waals surface area contributed by atoms with Crippen LogP contribution < -0.4 is 0 Å². The maximum absolute atomic E-state index is 5.65. The van der Waals surface area contributed by atoms with Crippen LogP contribution in [0.4, 0.5) is 0 Å². The Labute approximate surface area is 93.9 Å². The van der Waals surface area contributed by atoms with Crippen LogP contribution >= 0.6 is 47.0 Å². The normalized spacial score (nSPS) is 38.8. The highest BCUT2D eigenvalue weighted by Crippen LogP contribution is 2.58. The zero-order valence-electron chi connectivity index (χ0n) is 6.73. The van der Waals surface area contributed by atoms with Crippen molar-refractivity contribution in [1.82, 2.24) is 0 Å². The highest BCUT2D eigenvalue weighted by Gasteiger charge is 2.37. The summed E-state index contributed by atoms with van der Waals surface area (Å²) >= 11 is 7.54. The highest BCUT2D eigenvalue weighted by atomic mass is 32.3. The minimum Gasteiger partial charge on any atom is -0.361 e. The third kappa shape index (κ3) is 1.77. The summed E-state index contributed by atoms with van der Waals surface area (Å²) in [5, 5.41) is 1.16. The summed E-state index contributed by atoms with van der Waals surface area (Å²) < 4.78 is 14.2. The van der Waals surface area contributed by atoms with Crippen LogP contribution in [0.5, 0.6) is 0 Å². The van der Waals surface area contributed by atoms with Crippen molar-refractivity contribution in [3.63, 3.8) is 0 Å². The van der Waals surface area contributed by atoms with Crippen LogP contribution in [0.25, 0.3) is 0 Å². The van der Waals surface area contributed by atoms with Gasteiger partial charge in [0.15, 0.2) is 0 Å². The molecular weight excluding hydrogens is 244 g/mol. The SMILES string of the molecule is C1CO[C@H]2SC3=C(SCS3)S[C@H]2O1. The molecule has 0 radical (unpaired) electrons. The van der Waals surface area contributed by atoms with Gasteiger partial charge in [0.25, 0.3) is 0 Å². The molecule has 6 heteroatoms. The minimum atomic E-state index is 0.226. The smallest absolute Gasteiger partial charge is 0.144 e. The van der Waals surface area contributed by atoms with Crippen LogP contribution in [0.15, 0.2) is 8.47 Å². The molecule has 2 nitrogen and oxygen atoms in total. The van der Waals surface area contributed by atoms with Gasteiger partial charge in [-0.1, -0.05) is 23.5 Å². The molecule has 0 aromatic rings. The van der Waals surface area contributed by atoms with Gasteiger partial charge in [0.2, 0.25) is 0 Å². The van der Waals surface area contributed by atoms with Crippen LogP contribution in [0.3, 0.4) is 0 Å². The molecule has 0 aliphatic carbocycles. The van der Waals surface area contributed by atoms with E-state index in [2.05, 4.69) is 0 Å². The minimum absolute atomic E-state index is 0.226. The van der Waals surface area contributed by atoms with Crippen LogP contribution in [-0.2, 0) is 9.47 Å². The summed E-state index contributed by atoms with van der Waals surface area (Å²) in [6.45, 7) is 1.49. The van der Waals surface area contributed by atoms with Crippen molar-refractivity contribution in [2.24, 2.45) is 0 Å². The number of hydrogen-bond acceptors (Lipinski definition) is 6. The fourth-order valence-corrected chi connectivity index (χ4v) is 7.54. The second kappa shape index (κ2) is 3.90. The lowest BCUT2D eigenvalue weighted by molar-refractivity contribution is -0.0659. The molecular formula is C7H8O2S4. The fourth-order valence-electron chi connectivity index (χ4n) is 1.29. The third-order valence-electron chi connectivity index (χ3n) is 1.86. The van der Waals surface area contributed by atoms with Crippen molar-refractivity contribution >= 4 is 47.0 Å². The second-order valence-corrected chi connectivity index (χ2v) is 7.77. The van der Waals surface area contributed by atoms with Gasteiger partial charge in [-0.05, 0) is 0 Å². The molecule has 3 heterocycles. The first-order chi connectivity index (χ1) is 6.43. The number of rotatable bonds is 0. The molecule has 3 aliphatic heterocycles. The maximum atomic E-state index is 5.65. The number of fused-ring (bicyclic) bond motifs is 1. The lowest BCUT2D eigenvalue weighted by atomic mass is 10.6. The lowest BCUT2D eigenvalue weighted by Gasteiger charge is -2.33. The van der Waals surface area contributed by atoms with E-state index in [1.807, 2.05) is 47.0 Å². The lowest BCUT2D eigenvalue weighted by Crippen LogP contribution is -2.35. The van der Waals surface area contributed by atoms with Crippen LogP contribution in [0, 0.1) is 0 Å². The summed E-state index contributed by atoms with van der Waals surface area (Å²) in [5.41, 5.74) is 0.451. The van der Waals surface area contributed by atoms with Crippen LogP contribution in [0.1, 0.15) is 0 Å². The predicted octanol–water partition coefficient (Wildman–Crippen LogP) is 2.73. The average Bonchev–Trinajstić information content (AvgIpc) is 2.61. The second-order valence-electron chi connectivity index (χ2n) is 2.70. The van der Waals surface area contributed by atoms with E-state index in [0.717, 1.165) is 18.3 Å². The van der Waals surface area contributed by atoms with E-state index < -0.39 is 0 Å². The van der Waals surface area contributed by atoms with Gasteiger partial charge in [-0.25, -0.2) is 0 Å². The molecule has 1 saturated heterocycles. The Hall–Kier alpha value is 1.06. The van der Waals surface area contributed by atoms with Crippen LogP contribution in [0.2, 0.25) is 0 Å². The predicted molar refractivity (Wildman–Crippen MR) is 61.7 cm³/mol. The molecule has 3 aliphatic rings. The highest BCUT2D eigenvalue weighted by molar-refractivity contribution is 8.38. The average molecular weight is 252 g/mol. The molecule has 0 spiro atoms. The van der Waals surface area contributed by atoms with Gasteiger partial charge in [-0.3, -0.25) is 0 Å². The zero-order valence-corrected chi connectivity index (χ0v) is 9.99. The molecule has 0 N–H and O–H groups in total. The van der Waals surface area contributed by atoms with Gasteiger partial charge < -0.3 is 9.47 Å². The first-order valence-electron chi connectivity index (χ1n) is 4.00. The molecule has 0 bridgehead atoms. The van der Waals surface area contributed by atoms with E-state index in [1.165, 1.54) is 8.47 Å². The summed E-state index contributed by atoms with van der Waals surface area (Å²) in [6, 6.07) is 0. The third-order valence-corrected chi connectivity index (χ3v) is 7.78. The molecule has 0 saturated carbocycles. The van der Waals surface area contributed by atoms with Crippen molar-refractivity contribution in [2.45, 2.75) is 10.9 Å². The Kier molecular flexibility index (Phi) is 2.79. The Morgan fingerprint density at radius 2 is 1.46 bits per heavy atom. The van der Waals surface area contributed by atoms with Crippen molar-refractivity contribution in [2.75, 3.05) is 18.3 Å². The van der Waals surface area contributed by atoms with E-state index in [-0.39, 0.29) is 10.9 Å². The van der Waals surface area contributed by atoms with E-state index >= 15 is 0 Å². The van der Waals surface area contributed by atoms with Gasteiger partial charge in [-0.2, -0.15) is 0 Å². The summed E-state index contributed by atoms with van der Waals surface area (Å²) in [4.78, 5) is 0. The molecule has 0 aromatic heterocycles. The van der Waals surface area contributed by atoms with Crippen molar-refractivity contribution in [3.05, 3.63) is 8.47 Å². The molecule has 3 rings (SSSR count). The van der Waals surface area contributed by atoms with Gasteiger partial charge >= 0.3 is 0 Å².